The molecule has 0 aliphatic carbocycles. The Balaban J connectivity index is 0.000000200. The molecule has 0 radical (unpaired) electrons. The van der Waals surface area contributed by atoms with Gasteiger partial charge in [-0.15, -0.1) is 0 Å². The van der Waals surface area contributed by atoms with Gasteiger partial charge in [-0.2, -0.15) is 4.57 Å². The molecule has 2 rings (SSSR count). The molecule has 1 heterocycles. The summed E-state index contributed by atoms with van der Waals surface area (Å²) in [4.78, 5) is 10.7. The standard InChI is InChI=1S/C8H10NO.C6H6O3S/c1-7(10)8-5-3-4-6-9(8)2;7-10(8,9)6-4-2-1-3-5-6/h3-6H,1-2H3;1-5H,(H,7,8,9)/q+1;/p-1. The van der Waals surface area contributed by atoms with Gasteiger partial charge in [0.2, 0.25) is 11.5 Å². The van der Waals surface area contributed by atoms with Crippen molar-refractivity contribution in [1.29, 1.82) is 0 Å². The molecule has 0 aliphatic rings. The second-order valence-electron chi connectivity index (χ2n) is 4.02. The second-order valence-corrected chi connectivity index (χ2v) is 5.40. The van der Waals surface area contributed by atoms with E-state index in [2.05, 4.69) is 0 Å². The van der Waals surface area contributed by atoms with Gasteiger partial charge in [0.25, 0.3) is 0 Å². The number of nitrogens with zero attached hydrogens (tertiary/aromatic N) is 1. The molecule has 2 aromatic rings. The quantitative estimate of drug-likeness (QED) is 0.475. The molecule has 0 amide bonds. The van der Waals surface area contributed by atoms with Gasteiger partial charge in [0.05, 0.1) is 4.90 Å². The van der Waals surface area contributed by atoms with Gasteiger partial charge in [0, 0.05) is 19.1 Å². The highest BCUT2D eigenvalue weighted by Gasteiger charge is 2.08. The first-order valence-corrected chi connectivity index (χ1v) is 7.19. The molecule has 6 heteroatoms. The fourth-order valence-corrected chi connectivity index (χ4v) is 1.97. The summed E-state index contributed by atoms with van der Waals surface area (Å²) in [6.07, 6.45) is 1.86. The van der Waals surface area contributed by atoms with E-state index in [0.717, 1.165) is 5.69 Å². The number of benzene rings is 1. The van der Waals surface area contributed by atoms with Crippen LogP contribution in [-0.2, 0) is 17.2 Å². The lowest BCUT2D eigenvalue weighted by Gasteiger charge is -2.04. The minimum absolute atomic E-state index is 0.100. The average Bonchev–Trinajstić information content (AvgIpc) is 2.40. The van der Waals surface area contributed by atoms with Crippen LogP contribution in [0.3, 0.4) is 0 Å². The molecular formula is C14H15NO4S. The minimum Gasteiger partial charge on any atom is -0.744 e. The normalized spacial score (nSPS) is 10.3. The van der Waals surface area contributed by atoms with Gasteiger partial charge in [-0.05, 0) is 18.2 Å². The Morgan fingerprint density at radius 3 is 1.95 bits per heavy atom. The Kier molecular flexibility index (Phi) is 5.54. The Hall–Kier alpha value is -2.05. The zero-order valence-electron chi connectivity index (χ0n) is 11.2. The van der Waals surface area contributed by atoms with E-state index in [9.17, 15) is 17.8 Å². The topological polar surface area (TPSA) is 78.1 Å². The van der Waals surface area contributed by atoms with E-state index < -0.39 is 10.1 Å². The van der Waals surface area contributed by atoms with Gasteiger partial charge < -0.3 is 4.55 Å². The monoisotopic (exact) mass is 293 g/mol. The molecule has 0 saturated heterocycles. The number of carbonyl (C=O) groups excluding carboxylic acids is 1. The first kappa shape index (κ1) is 16.0. The maximum atomic E-state index is 10.8. The highest BCUT2D eigenvalue weighted by atomic mass is 32.2. The van der Waals surface area contributed by atoms with Crippen molar-refractivity contribution in [3.8, 4) is 0 Å². The summed E-state index contributed by atoms with van der Waals surface area (Å²) in [5.74, 6) is 0.100. The van der Waals surface area contributed by atoms with Crippen LogP contribution < -0.4 is 4.57 Å². The van der Waals surface area contributed by atoms with Crippen LogP contribution in [0, 0.1) is 0 Å². The van der Waals surface area contributed by atoms with E-state index in [1.807, 2.05) is 36.0 Å². The Labute approximate surface area is 118 Å². The molecule has 0 spiro atoms. The highest BCUT2D eigenvalue weighted by Crippen LogP contribution is 2.04. The van der Waals surface area contributed by atoms with Crippen LogP contribution in [-0.4, -0.2) is 18.8 Å². The Morgan fingerprint density at radius 2 is 1.60 bits per heavy atom. The summed E-state index contributed by atoms with van der Waals surface area (Å²) in [6.45, 7) is 1.56. The summed E-state index contributed by atoms with van der Waals surface area (Å²) in [5.41, 5.74) is 0.738. The number of ketones is 1. The summed E-state index contributed by atoms with van der Waals surface area (Å²) in [6, 6.07) is 12.8. The fraction of sp³-hybridized carbons (Fsp3) is 0.143. The predicted octanol–water partition coefficient (Wildman–Crippen LogP) is 1.30. The number of hydrogen-bond acceptors (Lipinski definition) is 4. The van der Waals surface area contributed by atoms with Crippen LogP contribution in [0.2, 0.25) is 0 Å². The SMILES string of the molecule is CC(=O)c1cccc[n+]1C.O=S(=O)([O-])c1ccccc1. The minimum atomic E-state index is -4.25. The van der Waals surface area contributed by atoms with Crippen LogP contribution in [0.4, 0.5) is 0 Å². The van der Waals surface area contributed by atoms with Gasteiger partial charge in [-0.3, -0.25) is 4.79 Å². The van der Waals surface area contributed by atoms with Gasteiger partial charge in [-0.25, -0.2) is 8.42 Å². The number of carbonyl (C=O) groups is 1. The van der Waals surface area contributed by atoms with Crippen molar-refractivity contribution in [2.24, 2.45) is 7.05 Å². The van der Waals surface area contributed by atoms with Crippen molar-refractivity contribution in [2.45, 2.75) is 11.8 Å². The molecule has 0 unspecified atom stereocenters. The first-order valence-electron chi connectivity index (χ1n) is 5.79. The molecule has 1 aromatic heterocycles. The van der Waals surface area contributed by atoms with E-state index in [1.54, 1.807) is 13.0 Å². The molecule has 0 bridgehead atoms. The smallest absolute Gasteiger partial charge is 0.248 e. The third-order valence-electron chi connectivity index (χ3n) is 2.45. The summed E-state index contributed by atoms with van der Waals surface area (Å²) >= 11 is 0. The van der Waals surface area contributed by atoms with Crippen molar-refractivity contribution < 1.29 is 22.3 Å². The van der Waals surface area contributed by atoms with Crippen molar-refractivity contribution in [3.63, 3.8) is 0 Å². The highest BCUT2D eigenvalue weighted by molar-refractivity contribution is 7.85. The molecule has 0 saturated carbocycles. The van der Waals surface area contributed by atoms with Gasteiger partial charge in [0.15, 0.2) is 6.20 Å². The summed E-state index contributed by atoms with van der Waals surface area (Å²) in [5, 5.41) is 0. The van der Waals surface area contributed by atoms with Crippen LogP contribution in [0.25, 0.3) is 0 Å². The van der Waals surface area contributed by atoms with Crippen molar-refractivity contribution in [2.75, 3.05) is 0 Å². The van der Waals surface area contributed by atoms with E-state index in [1.165, 1.54) is 24.3 Å². The molecule has 0 fully saturated rings. The first-order chi connectivity index (χ1) is 9.32. The molecule has 5 nitrogen and oxygen atoms in total. The number of Topliss-reactive ketones (excluding diaryl/α,β-unsaturated/α-hetero) is 1. The zero-order chi connectivity index (χ0) is 15.2. The molecule has 20 heavy (non-hydrogen) atoms. The lowest BCUT2D eigenvalue weighted by atomic mass is 10.3. The van der Waals surface area contributed by atoms with Crippen LogP contribution >= 0.6 is 0 Å². The predicted molar refractivity (Wildman–Crippen MR) is 72.0 cm³/mol. The maximum absolute atomic E-state index is 10.8. The molecule has 0 atom stereocenters. The van der Waals surface area contributed by atoms with Gasteiger partial charge >= 0.3 is 0 Å². The maximum Gasteiger partial charge on any atom is 0.248 e. The number of rotatable bonds is 2. The van der Waals surface area contributed by atoms with E-state index in [-0.39, 0.29) is 10.7 Å². The number of aromatic nitrogens is 1. The number of hydrogen-bond donors (Lipinski definition) is 0. The second kappa shape index (κ2) is 6.93. The Morgan fingerprint density at radius 1 is 1.05 bits per heavy atom. The van der Waals surface area contributed by atoms with E-state index >= 15 is 0 Å². The fourth-order valence-electron chi connectivity index (χ4n) is 1.48. The van der Waals surface area contributed by atoms with Crippen molar-refractivity contribution in [1.82, 2.24) is 0 Å². The largest absolute Gasteiger partial charge is 0.744 e. The Bertz CT molecular complexity index is 681. The number of pyridine rings is 1. The molecule has 106 valence electrons. The lowest BCUT2D eigenvalue weighted by Crippen LogP contribution is -2.34. The third-order valence-corrected chi connectivity index (χ3v) is 3.30. The van der Waals surface area contributed by atoms with Crippen LogP contribution in [0.15, 0.2) is 59.6 Å². The van der Waals surface area contributed by atoms with Crippen LogP contribution in [0.5, 0.6) is 0 Å². The zero-order valence-corrected chi connectivity index (χ0v) is 12.0. The molecule has 0 N–H and O–H groups in total. The van der Waals surface area contributed by atoms with E-state index in [0.29, 0.717) is 0 Å². The van der Waals surface area contributed by atoms with Crippen LogP contribution in [0.1, 0.15) is 17.4 Å². The third kappa shape index (κ3) is 4.91. The number of aryl methyl sites for hydroxylation is 1. The molecular weight excluding hydrogens is 278 g/mol. The molecule has 1 aromatic carbocycles. The lowest BCUT2D eigenvalue weighted by molar-refractivity contribution is -0.673. The van der Waals surface area contributed by atoms with E-state index in [4.69, 9.17) is 0 Å². The average molecular weight is 293 g/mol. The van der Waals surface area contributed by atoms with Gasteiger partial charge in [0.1, 0.15) is 17.2 Å². The van der Waals surface area contributed by atoms with Crippen molar-refractivity contribution >= 4 is 15.9 Å². The van der Waals surface area contributed by atoms with Crippen molar-refractivity contribution in [3.05, 3.63) is 60.4 Å². The van der Waals surface area contributed by atoms with Gasteiger partial charge in [-0.1, -0.05) is 18.2 Å². The molecule has 0 aliphatic heterocycles. The summed E-state index contributed by atoms with van der Waals surface area (Å²) < 4.78 is 32.6. The summed E-state index contributed by atoms with van der Waals surface area (Å²) in [7, 11) is -2.39.